The van der Waals surface area contributed by atoms with Crippen LogP contribution in [0, 0.1) is 0 Å². The van der Waals surface area contributed by atoms with Crippen LogP contribution >= 0.6 is 31.9 Å². The highest BCUT2D eigenvalue weighted by atomic mass is 79.9. The Morgan fingerprint density at radius 1 is 1.21 bits per heavy atom. The SMILES string of the molecule is CN1CCc2c([nH]c(Br)c2Br)C(c2ccccc2)C1. The summed E-state index contributed by atoms with van der Waals surface area (Å²) in [4.78, 5) is 5.93. The smallest absolute Gasteiger partial charge is 0.0969 e. The Bertz CT molecular complexity index is 577. The van der Waals surface area contributed by atoms with Crippen LogP contribution in [0.1, 0.15) is 22.7 Å². The van der Waals surface area contributed by atoms with Crippen LogP contribution in [0.2, 0.25) is 0 Å². The Morgan fingerprint density at radius 2 is 1.95 bits per heavy atom. The number of fused-ring (bicyclic) bond motifs is 1. The van der Waals surface area contributed by atoms with Crippen LogP contribution in [-0.2, 0) is 6.42 Å². The van der Waals surface area contributed by atoms with Crippen molar-refractivity contribution in [3.63, 3.8) is 0 Å². The molecule has 1 aliphatic heterocycles. The highest BCUT2D eigenvalue weighted by Crippen LogP contribution is 2.38. The van der Waals surface area contributed by atoms with E-state index >= 15 is 0 Å². The summed E-state index contributed by atoms with van der Waals surface area (Å²) < 4.78 is 2.24. The third-order valence-electron chi connectivity index (χ3n) is 3.82. The van der Waals surface area contributed by atoms with Crippen LogP contribution < -0.4 is 0 Å². The number of halogens is 2. The molecule has 0 bridgehead atoms. The average Bonchev–Trinajstić information content (AvgIpc) is 2.60. The van der Waals surface area contributed by atoms with Crippen molar-refractivity contribution in [3.8, 4) is 0 Å². The molecule has 1 atom stereocenters. The molecule has 0 saturated carbocycles. The Labute approximate surface area is 130 Å². The van der Waals surface area contributed by atoms with Crippen molar-refractivity contribution in [2.45, 2.75) is 12.3 Å². The lowest BCUT2D eigenvalue weighted by atomic mass is 9.93. The van der Waals surface area contributed by atoms with Crippen LogP contribution in [0.25, 0.3) is 0 Å². The van der Waals surface area contributed by atoms with Gasteiger partial charge >= 0.3 is 0 Å². The quantitative estimate of drug-likeness (QED) is 0.783. The van der Waals surface area contributed by atoms with Gasteiger partial charge in [0.25, 0.3) is 0 Å². The van der Waals surface area contributed by atoms with Gasteiger partial charge in [0.05, 0.1) is 9.08 Å². The molecule has 1 aromatic heterocycles. The van der Waals surface area contributed by atoms with Crippen molar-refractivity contribution in [2.75, 3.05) is 20.1 Å². The molecule has 1 N–H and O–H groups in total. The van der Waals surface area contributed by atoms with E-state index in [2.05, 4.69) is 79.1 Å². The molecule has 0 aliphatic carbocycles. The fourth-order valence-corrected chi connectivity index (χ4v) is 3.76. The number of hydrogen-bond acceptors (Lipinski definition) is 1. The van der Waals surface area contributed by atoms with Gasteiger partial charge < -0.3 is 9.88 Å². The van der Waals surface area contributed by atoms with Crippen LogP contribution in [-0.4, -0.2) is 30.0 Å². The second-order valence-electron chi connectivity index (χ2n) is 5.12. The number of likely N-dealkylation sites (N-methyl/N-ethyl adjacent to an activating group) is 1. The molecule has 1 unspecified atom stereocenters. The van der Waals surface area contributed by atoms with Crippen molar-refractivity contribution in [2.24, 2.45) is 0 Å². The summed E-state index contributed by atoms with van der Waals surface area (Å²) in [7, 11) is 2.20. The second-order valence-corrected chi connectivity index (χ2v) is 6.71. The summed E-state index contributed by atoms with van der Waals surface area (Å²) in [6.07, 6.45) is 1.08. The van der Waals surface area contributed by atoms with Crippen molar-refractivity contribution >= 4 is 31.9 Å². The van der Waals surface area contributed by atoms with Gasteiger partial charge in [-0.1, -0.05) is 30.3 Å². The first-order valence-corrected chi connectivity index (χ1v) is 8.04. The number of aromatic nitrogens is 1. The van der Waals surface area contributed by atoms with E-state index < -0.39 is 0 Å². The standard InChI is InChI=1S/C15H16Br2N2/c1-19-8-7-11-13(16)15(17)18-14(11)12(9-19)10-5-3-2-4-6-10/h2-6,12,18H,7-9H2,1H3. The Hall–Kier alpha value is -0.580. The number of benzene rings is 1. The first kappa shape index (κ1) is 13.4. The van der Waals surface area contributed by atoms with Gasteiger partial charge in [-0.05, 0) is 56.5 Å². The highest BCUT2D eigenvalue weighted by Gasteiger charge is 2.27. The second kappa shape index (κ2) is 5.43. The molecule has 0 saturated heterocycles. The maximum atomic E-state index is 3.69. The van der Waals surface area contributed by atoms with E-state index in [1.54, 1.807) is 0 Å². The van der Waals surface area contributed by atoms with Gasteiger partial charge in [-0.25, -0.2) is 0 Å². The summed E-state index contributed by atoms with van der Waals surface area (Å²) in [6, 6.07) is 10.7. The monoisotopic (exact) mass is 382 g/mol. The fourth-order valence-electron chi connectivity index (χ4n) is 2.80. The fraction of sp³-hybridized carbons (Fsp3) is 0.333. The maximum Gasteiger partial charge on any atom is 0.0969 e. The molecule has 2 aromatic rings. The van der Waals surface area contributed by atoms with E-state index in [0.29, 0.717) is 5.92 Å². The molecule has 0 radical (unpaired) electrons. The van der Waals surface area contributed by atoms with Crippen molar-refractivity contribution in [1.82, 2.24) is 9.88 Å². The minimum atomic E-state index is 0.409. The molecule has 4 heteroatoms. The first-order valence-electron chi connectivity index (χ1n) is 6.46. The lowest BCUT2D eigenvalue weighted by Crippen LogP contribution is -2.24. The molecule has 1 aliphatic rings. The van der Waals surface area contributed by atoms with Crippen LogP contribution in [0.15, 0.2) is 39.4 Å². The minimum absolute atomic E-state index is 0.409. The van der Waals surface area contributed by atoms with Crippen LogP contribution in [0.3, 0.4) is 0 Å². The summed E-state index contributed by atoms with van der Waals surface area (Å²) in [6.45, 7) is 2.15. The van der Waals surface area contributed by atoms with Gasteiger partial charge in [-0.3, -0.25) is 0 Å². The zero-order valence-electron chi connectivity index (χ0n) is 10.8. The average molecular weight is 384 g/mol. The number of nitrogens with one attached hydrogen (secondary N) is 1. The van der Waals surface area contributed by atoms with Gasteiger partial charge in [0.15, 0.2) is 0 Å². The summed E-state index contributed by atoms with van der Waals surface area (Å²) in [5, 5.41) is 0. The summed E-state index contributed by atoms with van der Waals surface area (Å²) >= 11 is 7.29. The number of H-pyrrole nitrogens is 1. The van der Waals surface area contributed by atoms with Crippen molar-refractivity contribution < 1.29 is 0 Å². The molecular weight excluding hydrogens is 368 g/mol. The summed E-state index contributed by atoms with van der Waals surface area (Å²) in [5.74, 6) is 0.409. The molecule has 100 valence electrons. The lowest BCUT2D eigenvalue weighted by molar-refractivity contribution is 0.336. The lowest BCUT2D eigenvalue weighted by Gasteiger charge is -2.20. The summed E-state index contributed by atoms with van der Waals surface area (Å²) in [5.41, 5.74) is 4.12. The number of nitrogens with zero attached hydrogens (tertiary/aromatic N) is 1. The van der Waals surface area contributed by atoms with E-state index in [-0.39, 0.29) is 0 Å². The van der Waals surface area contributed by atoms with E-state index in [9.17, 15) is 0 Å². The molecule has 1 aromatic carbocycles. The predicted molar refractivity (Wildman–Crippen MR) is 85.7 cm³/mol. The highest BCUT2D eigenvalue weighted by molar-refractivity contribution is 9.13. The molecule has 19 heavy (non-hydrogen) atoms. The molecule has 2 heterocycles. The topological polar surface area (TPSA) is 19.0 Å². The van der Waals surface area contributed by atoms with E-state index in [1.807, 2.05) is 0 Å². The molecule has 3 rings (SSSR count). The van der Waals surface area contributed by atoms with Gasteiger partial charge in [0.1, 0.15) is 0 Å². The van der Waals surface area contributed by atoms with Crippen molar-refractivity contribution in [1.29, 1.82) is 0 Å². The molecule has 0 spiro atoms. The first-order chi connectivity index (χ1) is 9.16. The molecule has 0 fully saturated rings. The predicted octanol–water partition coefficient (Wildman–Crippen LogP) is 4.16. The Morgan fingerprint density at radius 3 is 2.68 bits per heavy atom. The number of aromatic amines is 1. The van der Waals surface area contributed by atoms with Gasteiger partial charge in [0.2, 0.25) is 0 Å². The van der Waals surface area contributed by atoms with E-state index in [4.69, 9.17) is 0 Å². The van der Waals surface area contributed by atoms with Crippen LogP contribution in [0.5, 0.6) is 0 Å². The number of rotatable bonds is 1. The van der Waals surface area contributed by atoms with E-state index in [0.717, 1.165) is 24.1 Å². The number of hydrogen-bond donors (Lipinski definition) is 1. The third-order valence-corrected chi connectivity index (χ3v) is 5.82. The van der Waals surface area contributed by atoms with E-state index in [1.165, 1.54) is 21.3 Å². The van der Waals surface area contributed by atoms with Crippen molar-refractivity contribution in [3.05, 3.63) is 56.2 Å². The zero-order chi connectivity index (χ0) is 13.4. The van der Waals surface area contributed by atoms with Gasteiger partial charge in [0, 0.05) is 24.7 Å². The normalized spacial score (nSPS) is 20.1. The van der Waals surface area contributed by atoms with Gasteiger partial charge in [-0.2, -0.15) is 0 Å². The molecular formula is C15H16Br2N2. The minimum Gasteiger partial charge on any atom is -0.351 e. The molecule has 2 nitrogen and oxygen atoms in total. The maximum absolute atomic E-state index is 3.69. The third kappa shape index (κ3) is 2.54. The Kier molecular flexibility index (Phi) is 3.83. The van der Waals surface area contributed by atoms with Gasteiger partial charge in [-0.15, -0.1) is 0 Å². The van der Waals surface area contributed by atoms with Crippen LogP contribution in [0.4, 0.5) is 0 Å². The zero-order valence-corrected chi connectivity index (χ0v) is 14.0. The largest absolute Gasteiger partial charge is 0.351 e. The Balaban J connectivity index is 2.10. The molecule has 0 amide bonds.